The fraction of sp³-hybridized carbons (Fsp3) is 0.0833. The predicted molar refractivity (Wildman–Crippen MR) is 125 cm³/mol. The van der Waals surface area contributed by atoms with E-state index in [1.807, 2.05) is 73.0 Å². The number of thiazole rings is 1. The Bertz CT molecular complexity index is 1320. The van der Waals surface area contributed by atoms with Crippen LogP contribution < -0.4 is 10.1 Å². The van der Waals surface area contributed by atoms with Crippen molar-refractivity contribution in [1.29, 1.82) is 0 Å². The number of pyridine rings is 1. The Balaban J connectivity index is 1.58. The van der Waals surface area contributed by atoms with Gasteiger partial charge in [-0.1, -0.05) is 30.3 Å². The van der Waals surface area contributed by atoms with E-state index in [0.29, 0.717) is 18.2 Å². The Morgan fingerprint density at radius 3 is 2.61 bits per heavy atom. The van der Waals surface area contributed by atoms with E-state index in [4.69, 9.17) is 19.7 Å². The lowest BCUT2D eigenvalue weighted by atomic mass is 10.2. The van der Waals surface area contributed by atoms with Crippen LogP contribution in [0.25, 0.3) is 33.5 Å². The van der Waals surface area contributed by atoms with Gasteiger partial charge in [-0.2, -0.15) is 0 Å². The number of fused-ring (bicyclic) bond motifs is 1. The summed E-state index contributed by atoms with van der Waals surface area (Å²) in [4.78, 5) is 18.5. The van der Waals surface area contributed by atoms with Crippen molar-refractivity contribution < 1.29 is 4.74 Å². The first-order valence-corrected chi connectivity index (χ1v) is 10.8. The molecule has 7 heteroatoms. The number of benzene rings is 2. The highest BCUT2D eigenvalue weighted by Gasteiger charge is 2.13. The molecule has 31 heavy (non-hydrogen) atoms. The summed E-state index contributed by atoms with van der Waals surface area (Å²) >= 11 is 1.54. The van der Waals surface area contributed by atoms with Crippen molar-refractivity contribution in [3.8, 4) is 28.4 Å². The van der Waals surface area contributed by atoms with E-state index < -0.39 is 0 Å². The van der Waals surface area contributed by atoms with E-state index in [1.165, 1.54) is 11.3 Å². The van der Waals surface area contributed by atoms with Gasteiger partial charge in [0.15, 0.2) is 11.0 Å². The zero-order chi connectivity index (χ0) is 21.0. The molecular weight excluding hydrogens is 406 g/mol. The maximum absolute atomic E-state index is 5.69. The van der Waals surface area contributed by atoms with Gasteiger partial charge in [0.2, 0.25) is 0 Å². The second kappa shape index (κ2) is 8.49. The van der Waals surface area contributed by atoms with Crippen molar-refractivity contribution in [2.75, 3.05) is 11.9 Å². The summed E-state index contributed by atoms with van der Waals surface area (Å²) < 4.78 is 5.69. The number of hydrogen-bond donors (Lipinski definition) is 1. The molecule has 6 nitrogen and oxygen atoms in total. The molecule has 0 fully saturated rings. The van der Waals surface area contributed by atoms with E-state index in [9.17, 15) is 0 Å². The van der Waals surface area contributed by atoms with Crippen molar-refractivity contribution in [2.24, 2.45) is 0 Å². The van der Waals surface area contributed by atoms with Gasteiger partial charge in [0, 0.05) is 34.3 Å². The third-order valence-electron chi connectivity index (χ3n) is 4.70. The Kier molecular flexibility index (Phi) is 5.24. The quantitative estimate of drug-likeness (QED) is 0.362. The van der Waals surface area contributed by atoms with E-state index in [-0.39, 0.29) is 0 Å². The fourth-order valence-corrected chi connectivity index (χ4v) is 3.98. The molecule has 1 N–H and O–H groups in total. The van der Waals surface area contributed by atoms with Crippen LogP contribution in [-0.4, -0.2) is 26.5 Å². The van der Waals surface area contributed by atoms with Crippen molar-refractivity contribution in [3.63, 3.8) is 0 Å². The maximum Gasteiger partial charge on any atom is 0.188 e. The van der Waals surface area contributed by atoms with Gasteiger partial charge in [-0.25, -0.2) is 15.0 Å². The van der Waals surface area contributed by atoms with Crippen molar-refractivity contribution in [1.82, 2.24) is 19.9 Å². The molecule has 2 aromatic carbocycles. The van der Waals surface area contributed by atoms with Gasteiger partial charge < -0.3 is 10.1 Å². The lowest BCUT2D eigenvalue weighted by molar-refractivity contribution is 0.340. The van der Waals surface area contributed by atoms with Gasteiger partial charge in [-0.05, 0) is 37.3 Å². The molecule has 0 aliphatic heterocycles. The lowest BCUT2D eigenvalue weighted by Gasteiger charge is -2.11. The van der Waals surface area contributed by atoms with E-state index in [2.05, 4.69) is 10.3 Å². The van der Waals surface area contributed by atoms with Crippen LogP contribution >= 0.6 is 11.3 Å². The van der Waals surface area contributed by atoms with Gasteiger partial charge in [-0.15, -0.1) is 11.3 Å². The molecule has 3 heterocycles. The summed E-state index contributed by atoms with van der Waals surface area (Å²) in [5.41, 5.74) is 3.67. The molecular formula is C24H19N5OS. The average molecular weight is 426 g/mol. The molecule has 0 radical (unpaired) electrons. The molecule has 0 spiro atoms. The minimum absolute atomic E-state index is 0.593. The van der Waals surface area contributed by atoms with Crippen LogP contribution in [0.1, 0.15) is 6.92 Å². The molecule has 0 aliphatic carbocycles. The second-order valence-electron chi connectivity index (χ2n) is 6.78. The predicted octanol–water partition coefficient (Wildman–Crippen LogP) is 5.96. The molecule has 0 bridgehead atoms. The zero-order valence-electron chi connectivity index (χ0n) is 16.8. The second-order valence-corrected chi connectivity index (χ2v) is 7.64. The first-order chi connectivity index (χ1) is 15.3. The Hall–Kier alpha value is -3.84. The largest absolute Gasteiger partial charge is 0.494 e. The first-order valence-electron chi connectivity index (χ1n) is 9.93. The number of ether oxygens (including phenoxy) is 1. The molecule has 0 unspecified atom stereocenters. The average Bonchev–Trinajstić information content (AvgIpc) is 3.29. The minimum Gasteiger partial charge on any atom is -0.494 e. The molecule has 3 aromatic heterocycles. The maximum atomic E-state index is 5.69. The summed E-state index contributed by atoms with van der Waals surface area (Å²) in [5, 5.41) is 7.07. The van der Waals surface area contributed by atoms with Crippen LogP contribution in [-0.2, 0) is 0 Å². The van der Waals surface area contributed by atoms with E-state index in [0.717, 1.165) is 38.6 Å². The van der Waals surface area contributed by atoms with E-state index >= 15 is 0 Å². The summed E-state index contributed by atoms with van der Waals surface area (Å²) in [5.74, 6) is 2.06. The topological polar surface area (TPSA) is 72.8 Å². The Labute approximate surface area is 183 Å². The van der Waals surface area contributed by atoms with E-state index in [1.54, 1.807) is 12.4 Å². The molecule has 5 aromatic rings. The Morgan fingerprint density at radius 1 is 0.935 bits per heavy atom. The van der Waals surface area contributed by atoms with Crippen molar-refractivity contribution in [2.45, 2.75) is 6.92 Å². The van der Waals surface area contributed by atoms with Crippen molar-refractivity contribution >= 4 is 33.2 Å². The summed E-state index contributed by atoms with van der Waals surface area (Å²) in [7, 11) is 0. The van der Waals surface area contributed by atoms with Crippen molar-refractivity contribution in [3.05, 3.63) is 78.4 Å². The first kappa shape index (κ1) is 19.1. The summed E-state index contributed by atoms with van der Waals surface area (Å²) in [6.45, 7) is 2.56. The van der Waals surface area contributed by atoms with Crippen LogP contribution in [0.4, 0.5) is 10.9 Å². The van der Waals surface area contributed by atoms with Gasteiger partial charge in [0.05, 0.1) is 17.8 Å². The lowest BCUT2D eigenvalue weighted by Crippen LogP contribution is -2.00. The number of aromatic nitrogens is 4. The van der Waals surface area contributed by atoms with Crippen LogP contribution in [0.3, 0.4) is 0 Å². The molecule has 0 aliphatic rings. The van der Waals surface area contributed by atoms with Gasteiger partial charge >= 0.3 is 0 Å². The number of nitrogens with one attached hydrogen (secondary N) is 1. The number of anilines is 2. The molecule has 0 saturated carbocycles. The molecule has 5 rings (SSSR count). The number of rotatable bonds is 6. The fourth-order valence-electron chi connectivity index (χ4n) is 3.26. The van der Waals surface area contributed by atoms with Crippen LogP contribution in [0, 0.1) is 0 Å². The highest BCUT2D eigenvalue weighted by Crippen LogP contribution is 2.32. The van der Waals surface area contributed by atoms with Gasteiger partial charge in [-0.3, -0.25) is 4.98 Å². The van der Waals surface area contributed by atoms with Gasteiger partial charge in [0.1, 0.15) is 11.6 Å². The SMILES string of the molecule is CCOc1ccc2nc(-c3cccnc3)nc(Nc3nc(-c4ccccc4)cs3)c2c1. The standard InChI is InChI=1S/C24H19N5OS/c1-2-30-18-10-11-20-19(13-18)23(28-22(26-20)17-9-6-12-25-14-17)29-24-27-21(15-31-24)16-7-4-3-5-8-16/h3-15H,2H2,1H3,(H,26,27,28,29). The Morgan fingerprint density at radius 2 is 1.81 bits per heavy atom. The van der Waals surface area contributed by atoms with Crippen LogP contribution in [0.15, 0.2) is 78.4 Å². The van der Waals surface area contributed by atoms with Crippen LogP contribution in [0.2, 0.25) is 0 Å². The minimum atomic E-state index is 0.593. The number of hydrogen-bond acceptors (Lipinski definition) is 7. The molecule has 152 valence electrons. The third-order valence-corrected chi connectivity index (χ3v) is 5.45. The van der Waals surface area contributed by atoms with Gasteiger partial charge in [0.25, 0.3) is 0 Å². The third kappa shape index (κ3) is 4.08. The summed E-state index contributed by atoms with van der Waals surface area (Å²) in [6, 6.07) is 19.8. The normalized spacial score (nSPS) is 10.9. The monoisotopic (exact) mass is 425 g/mol. The number of nitrogens with zero attached hydrogens (tertiary/aromatic N) is 4. The highest BCUT2D eigenvalue weighted by molar-refractivity contribution is 7.14. The molecule has 0 atom stereocenters. The zero-order valence-corrected chi connectivity index (χ0v) is 17.6. The van der Waals surface area contributed by atoms with Crippen LogP contribution in [0.5, 0.6) is 5.75 Å². The molecule has 0 saturated heterocycles. The summed E-state index contributed by atoms with van der Waals surface area (Å²) in [6.07, 6.45) is 3.50. The highest BCUT2D eigenvalue weighted by atomic mass is 32.1. The smallest absolute Gasteiger partial charge is 0.188 e. The molecule has 0 amide bonds.